The summed E-state index contributed by atoms with van der Waals surface area (Å²) in [6.07, 6.45) is 2.45. The minimum absolute atomic E-state index is 0.0719. The van der Waals surface area contributed by atoms with E-state index in [1.165, 1.54) is 18.4 Å². The smallest absolute Gasteiger partial charge is 0.340 e. The number of ether oxygens (including phenoxy) is 1. The number of carbonyl (C=O) groups is 1. The van der Waals surface area contributed by atoms with E-state index in [9.17, 15) is 13.2 Å². The topological polar surface area (TPSA) is 125 Å². The van der Waals surface area contributed by atoms with Gasteiger partial charge in [-0.05, 0) is 24.3 Å². The van der Waals surface area contributed by atoms with Gasteiger partial charge in [-0.1, -0.05) is 17.3 Å². The predicted molar refractivity (Wildman–Crippen MR) is 86.0 cm³/mol. The number of rotatable bonds is 6. The standard InChI is InChI=1S/C15H13N3O6S/c1-25(20,21)18-11-6-3-2-5-10(11)15(19)23-9-13-16-14(24-17-13)12-7-4-8-22-12/h2-8,18H,9H2,1H3. The van der Waals surface area contributed by atoms with Crippen molar-refractivity contribution < 1.29 is 26.9 Å². The van der Waals surface area contributed by atoms with E-state index >= 15 is 0 Å². The lowest BCUT2D eigenvalue weighted by Gasteiger charge is -2.09. The lowest BCUT2D eigenvalue weighted by Crippen LogP contribution is -2.14. The van der Waals surface area contributed by atoms with Gasteiger partial charge in [-0.15, -0.1) is 0 Å². The van der Waals surface area contributed by atoms with Crippen molar-refractivity contribution in [3.63, 3.8) is 0 Å². The molecule has 130 valence electrons. The van der Waals surface area contributed by atoms with E-state index in [-0.39, 0.29) is 29.6 Å². The first kappa shape index (κ1) is 16.7. The van der Waals surface area contributed by atoms with Gasteiger partial charge in [0.2, 0.25) is 15.8 Å². The van der Waals surface area contributed by atoms with Crippen molar-refractivity contribution in [2.24, 2.45) is 0 Å². The number of hydrogen-bond acceptors (Lipinski definition) is 8. The fourth-order valence-electron chi connectivity index (χ4n) is 1.97. The number of esters is 1. The van der Waals surface area contributed by atoms with Crippen LogP contribution in [0.15, 0.2) is 51.6 Å². The van der Waals surface area contributed by atoms with Crippen molar-refractivity contribution in [3.05, 3.63) is 54.0 Å². The first-order chi connectivity index (χ1) is 11.9. The summed E-state index contributed by atoms with van der Waals surface area (Å²) < 4.78 is 40.2. The molecule has 0 amide bonds. The van der Waals surface area contributed by atoms with Crippen LogP contribution in [-0.2, 0) is 21.4 Å². The molecule has 9 nitrogen and oxygen atoms in total. The summed E-state index contributed by atoms with van der Waals surface area (Å²) in [5.41, 5.74) is 0.196. The molecule has 0 unspecified atom stereocenters. The Hall–Kier alpha value is -3.14. The van der Waals surface area contributed by atoms with Crippen molar-refractivity contribution in [2.75, 3.05) is 11.0 Å². The molecule has 0 radical (unpaired) electrons. The Balaban J connectivity index is 1.69. The number of sulfonamides is 1. The summed E-state index contributed by atoms with van der Waals surface area (Å²) in [5.74, 6) is -0.0210. The van der Waals surface area contributed by atoms with Crippen LogP contribution in [0.1, 0.15) is 16.2 Å². The minimum atomic E-state index is -3.53. The van der Waals surface area contributed by atoms with Crippen LogP contribution in [-0.4, -0.2) is 30.8 Å². The van der Waals surface area contributed by atoms with Gasteiger partial charge in [0.15, 0.2) is 12.4 Å². The average molecular weight is 363 g/mol. The SMILES string of the molecule is CS(=O)(=O)Nc1ccccc1C(=O)OCc1noc(-c2ccco2)n1. The summed E-state index contributed by atoms with van der Waals surface area (Å²) in [6.45, 7) is -0.240. The number of hydrogen-bond donors (Lipinski definition) is 1. The summed E-state index contributed by atoms with van der Waals surface area (Å²) in [4.78, 5) is 16.2. The summed E-state index contributed by atoms with van der Waals surface area (Å²) in [5, 5.41) is 3.68. The van der Waals surface area contributed by atoms with Gasteiger partial charge < -0.3 is 13.7 Å². The maximum atomic E-state index is 12.2. The molecule has 1 aromatic carbocycles. The van der Waals surface area contributed by atoms with Crippen LogP contribution in [0, 0.1) is 0 Å². The van der Waals surface area contributed by atoms with Crippen molar-refractivity contribution in [3.8, 4) is 11.7 Å². The second-order valence-corrected chi connectivity index (χ2v) is 6.74. The maximum Gasteiger partial charge on any atom is 0.340 e. The number of benzene rings is 1. The van der Waals surface area contributed by atoms with Gasteiger partial charge in [0.1, 0.15) is 0 Å². The van der Waals surface area contributed by atoms with Crippen LogP contribution in [0.25, 0.3) is 11.7 Å². The fourth-order valence-corrected chi connectivity index (χ4v) is 2.55. The number of nitrogens with one attached hydrogen (secondary N) is 1. The van der Waals surface area contributed by atoms with Crippen LogP contribution >= 0.6 is 0 Å². The summed E-state index contributed by atoms with van der Waals surface area (Å²) in [6, 6.07) is 9.41. The molecule has 3 rings (SSSR count). The van der Waals surface area contributed by atoms with E-state index in [0.717, 1.165) is 6.26 Å². The van der Waals surface area contributed by atoms with Crippen molar-refractivity contribution in [1.82, 2.24) is 10.1 Å². The molecule has 0 fully saturated rings. The Morgan fingerprint density at radius 2 is 2.04 bits per heavy atom. The molecule has 2 heterocycles. The quantitative estimate of drug-likeness (QED) is 0.660. The Morgan fingerprint density at radius 1 is 1.24 bits per heavy atom. The molecule has 0 aliphatic heterocycles. The van der Waals surface area contributed by atoms with Crippen LogP contribution in [0.5, 0.6) is 0 Å². The number of furan rings is 1. The van der Waals surface area contributed by atoms with E-state index in [0.29, 0.717) is 5.76 Å². The minimum Gasteiger partial charge on any atom is -0.459 e. The number of anilines is 1. The molecule has 1 N–H and O–H groups in total. The van der Waals surface area contributed by atoms with E-state index in [4.69, 9.17) is 13.7 Å². The first-order valence-corrected chi connectivity index (χ1v) is 8.92. The summed E-state index contributed by atoms with van der Waals surface area (Å²) >= 11 is 0. The van der Waals surface area contributed by atoms with Gasteiger partial charge in [-0.3, -0.25) is 4.72 Å². The molecule has 0 saturated heterocycles. The highest BCUT2D eigenvalue weighted by Crippen LogP contribution is 2.19. The molecule has 25 heavy (non-hydrogen) atoms. The number of aromatic nitrogens is 2. The third-order valence-corrected chi connectivity index (χ3v) is 3.57. The third kappa shape index (κ3) is 4.23. The zero-order chi connectivity index (χ0) is 17.9. The van der Waals surface area contributed by atoms with E-state index < -0.39 is 16.0 Å². The lowest BCUT2D eigenvalue weighted by molar-refractivity contribution is 0.0461. The predicted octanol–water partition coefficient (Wildman–Crippen LogP) is 2.06. The van der Waals surface area contributed by atoms with Gasteiger partial charge in [0.05, 0.1) is 23.8 Å². The zero-order valence-electron chi connectivity index (χ0n) is 13.0. The fraction of sp³-hybridized carbons (Fsp3) is 0.133. The van der Waals surface area contributed by atoms with Crippen LogP contribution in [0.4, 0.5) is 5.69 Å². The van der Waals surface area contributed by atoms with Gasteiger partial charge in [-0.2, -0.15) is 4.98 Å². The van der Waals surface area contributed by atoms with Crippen LogP contribution in [0.2, 0.25) is 0 Å². The van der Waals surface area contributed by atoms with Crippen LogP contribution < -0.4 is 4.72 Å². The van der Waals surface area contributed by atoms with Gasteiger partial charge in [0, 0.05) is 0 Å². The second kappa shape index (κ2) is 6.77. The lowest BCUT2D eigenvalue weighted by atomic mass is 10.2. The first-order valence-electron chi connectivity index (χ1n) is 7.03. The normalized spacial score (nSPS) is 11.2. The molecule has 0 spiro atoms. The number of para-hydroxylation sites is 1. The molecule has 0 bridgehead atoms. The van der Waals surface area contributed by atoms with Crippen molar-refractivity contribution >= 4 is 21.7 Å². The Kier molecular flexibility index (Phi) is 4.52. The molecule has 2 aromatic heterocycles. The molecule has 0 aliphatic rings. The Bertz CT molecular complexity index is 978. The van der Waals surface area contributed by atoms with Crippen molar-refractivity contribution in [1.29, 1.82) is 0 Å². The van der Waals surface area contributed by atoms with Gasteiger partial charge in [0.25, 0.3) is 5.89 Å². The Morgan fingerprint density at radius 3 is 2.76 bits per heavy atom. The maximum absolute atomic E-state index is 12.2. The highest BCUT2D eigenvalue weighted by Gasteiger charge is 2.17. The second-order valence-electron chi connectivity index (χ2n) is 4.99. The van der Waals surface area contributed by atoms with E-state index in [1.807, 2.05) is 0 Å². The summed E-state index contributed by atoms with van der Waals surface area (Å²) in [7, 11) is -3.53. The Labute approximate surface area is 142 Å². The zero-order valence-corrected chi connectivity index (χ0v) is 13.8. The molecule has 3 aromatic rings. The monoisotopic (exact) mass is 363 g/mol. The number of nitrogens with zero attached hydrogens (tertiary/aromatic N) is 2. The largest absolute Gasteiger partial charge is 0.459 e. The molecule has 0 aliphatic carbocycles. The molecule has 10 heteroatoms. The highest BCUT2D eigenvalue weighted by molar-refractivity contribution is 7.92. The van der Waals surface area contributed by atoms with Gasteiger partial charge >= 0.3 is 5.97 Å². The van der Waals surface area contributed by atoms with E-state index in [2.05, 4.69) is 14.9 Å². The van der Waals surface area contributed by atoms with Crippen LogP contribution in [0.3, 0.4) is 0 Å². The molecular formula is C15H13N3O6S. The van der Waals surface area contributed by atoms with Crippen molar-refractivity contribution in [2.45, 2.75) is 6.61 Å². The molecular weight excluding hydrogens is 350 g/mol. The highest BCUT2D eigenvalue weighted by atomic mass is 32.2. The number of carbonyl (C=O) groups excluding carboxylic acids is 1. The van der Waals surface area contributed by atoms with Gasteiger partial charge in [-0.25, -0.2) is 13.2 Å². The third-order valence-electron chi connectivity index (χ3n) is 2.97. The average Bonchev–Trinajstić information content (AvgIpc) is 3.23. The van der Waals surface area contributed by atoms with E-state index in [1.54, 1.807) is 24.3 Å². The molecule has 0 atom stereocenters. The molecule has 0 saturated carbocycles.